The number of benzene rings is 1. The molecule has 0 amide bonds. The highest BCUT2D eigenvalue weighted by molar-refractivity contribution is 6.44. The van der Waals surface area contributed by atoms with Crippen LogP contribution in [0.4, 0.5) is 0 Å². The summed E-state index contributed by atoms with van der Waals surface area (Å²) in [6, 6.07) is 4.81. The molecule has 0 aliphatic heterocycles. The quantitative estimate of drug-likeness (QED) is 0.633. The van der Waals surface area contributed by atoms with Crippen molar-refractivity contribution < 1.29 is 5.11 Å². The monoisotopic (exact) mass is 321 g/mol. The summed E-state index contributed by atoms with van der Waals surface area (Å²) in [6.45, 7) is -0.172. The van der Waals surface area contributed by atoms with E-state index in [0.29, 0.717) is 31.8 Å². The molecule has 0 aliphatic rings. The van der Waals surface area contributed by atoms with Crippen LogP contribution in [0.15, 0.2) is 24.4 Å². The van der Waals surface area contributed by atoms with Crippen molar-refractivity contribution in [3.05, 3.63) is 50.2 Å². The number of pyridine rings is 1. The fourth-order valence-electron chi connectivity index (χ4n) is 1.60. The van der Waals surface area contributed by atoms with Crippen LogP contribution in [0.5, 0.6) is 0 Å². The summed E-state index contributed by atoms with van der Waals surface area (Å²) in [4.78, 5) is 3.98. The maximum atomic E-state index is 9.33. The van der Waals surface area contributed by atoms with Crippen LogP contribution in [0.1, 0.15) is 5.56 Å². The lowest BCUT2D eigenvalue weighted by Crippen LogP contribution is -1.93. The lowest BCUT2D eigenvalue weighted by Gasteiger charge is -2.11. The van der Waals surface area contributed by atoms with Crippen LogP contribution >= 0.6 is 46.4 Å². The molecule has 0 saturated carbocycles. The summed E-state index contributed by atoms with van der Waals surface area (Å²) in [5.74, 6) is 0. The van der Waals surface area contributed by atoms with Gasteiger partial charge in [0.2, 0.25) is 0 Å². The Kier molecular flexibility index (Phi) is 4.36. The largest absolute Gasteiger partial charge is 0.392 e. The lowest BCUT2D eigenvalue weighted by molar-refractivity contribution is 0.282. The second kappa shape index (κ2) is 5.64. The fraction of sp³-hybridized carbons (Fsp3) is 0.0833. The Morgan fingerprint density at radius 2 is 1.67 bits per heavy atom. The van der Waals surface area contributed by atoms with E-state index in [1.54, 1.807) is 12.1 Å². The first-order chi connectivity index (χ1) is 8.54. The van der Waals surface area contributed by atoms with Crippen molar-refractivity contribution in [1.29, 1.82) is 0 Å². The Morgan fingerprint density at radius 3 is 2.33 bits per heavy atom. The standard InChI is InChI=1S/C12H7Cl4NO/c13-8-4-10(15)9(14)3-7(8)11-6(5-18)1-2-17-12(11)16/h1-4,18H,5H2. The number of aliphatic hydroxyl groups is 1. The summed E-state index contributed by atoms with van der Waals surface area (Å²) in [5.41, 5.74) is 1.77. The second-order valence-corrected chi connectivity index (χ2v) is 5.12. The van der Waals surface area contributed by atoms with E-state index in [-0.39, 0.29) is 11.8 Å². The van der Waals surface area contributed by atoms with Crippen molar-refractivity contribution in [3.8, 4) is 11.1 Å². The van der Waals surface area contributed by atoms with Crippen molar-refractivity contribution in [2.75, 3.05) is 0 Å². The number of aromatic nitrogens is 1. The van der Waals surface area contributed by atoms with Gasteiger partial charge in [-0.05, 0) is 23.8 Å². The van der Waals surface area contributed by atoms with Crippen LogP contribution in [0.25, 0.3) is 11.1 Å². The number of nitrogens with zero attached hydrogens (tertiary/aromatic N) is 1. The molecule has 1 heterocycles. The van der Waals surface area contributed by atoms with Gasteiger partial charge in [-0.3, -0.25) is 0 Å². The molecule has 0 aliphatic carbocycles. The van der Waals surface area contributed by atoms with Gasteiger partial charge in [0, 0.05) is 17.3 Å². The first kappa shape index (κ1) is 13.9. The SMILES string of the molecule is OCc1ccnc(Cl)c1-c1cc(Cl)c(Cl)cc1Cl. The summed E-state index contributed by atoms with van der Waals surface area (Å²) < 4.78 is 0. The Morgan fingerprint density at radius 1 is 1.00 bits per heavy atom. The maximum absolute atomic E-state index is 9.33. The van der Waals surface area contributed by atoms with Gasteiger partial charge in [0.1, 0.15) is 5.15 Å². The maximum Gasteiger partial charge on any atom is 0.137 e. The van der Waals surface area contributed by atoms with Crippen molar-refractivity contribution in [3.63, 3.8) is 0 Å². The molecule has 0 spiro atoms. The summed E-state index contributed by atoms with van der Waals surface area (Å²) in [6.07, 6.45) is 1.52. The molecule has 0 radical (unpaired) electrons. The van der Waals surface area contributed by atoms with Crippen molar-refractivity contribution >= 4 is 46.4 Å². The predicted octanol–water partition coefficient (Wildman–Crippen LogP) is 4.85. The Bertz CT molecular complexity index is 601. The highest BCUT2D eigenvalue weighted by Crippen LogP contribution is 2.39. The molecular formula is C12H7Cl4NO. The molecular weight excluding hydrogens is 316 g/mol. The number of aliphatic hydroxyl groups excluding tert-OH is 1. The van der Waals surface area contributed by atoms with Crippen molar-refractivity contribution in [1.82, 2.24) is 4.98 Å². The zero-order valence-corrected chi connectivity index (χ0v) is 11.9. The zero-order chi connectivity index (χ0) is 13.3. The molecule has 2 aromatic rings. The molecule has 0 fully saturated rings. The normalized spacial score (nSPS) is 10.7. The molecule has 2 rings (SSSR count). The third-order valence-corrected chi connectivity index (χ3v) is 3.76. The number of rotatable bonds is 2. The van der Waals surface area contributed by atoms with Gasteiger partial charge in [0.05, 0.1) is 21.7 Å². The van der Waals surface area contributed by atoms with E-state index in [4.69, 9.17) is 46.4 Å². The van der Waals surface area contributed by atoms with Gasteiger partial charge in [-0.1, -0.05) is 46.4 Å². The molecule has 0 bridgehead atoms. The molecule has 94 valence electrons. The van der Waals surface area contributed by atoms with Crippen molar-refractivity contribution in [2.24, 2.45) is 0 Å². The molecule has 18 heavy (non-hydrogen) atoms. The van der Waals surface area contributed by atoms with Gasteiger partial charge in [0.25, 0.3) is 0 Å². The van der Waals surface area contributed by atoms with Gasteiger partial charge < -0.3 is 5.11 Å². The fourth-order valence-corrected chi connectivity index (χ4v) is 2.52. The molecule has 0 unspecified atom stereocenters. The summed E-state index contributed by atoms with van der Waals surface area (Å²) in [5, 5.41) is 10.7. The smallest absolute Gasteiger partial charge is 0.137 e. The minimum Gasteiger partial charge on any atom is -0.392 e. The van der Waals surface area contributed by atoms with Gasteiger partial charge in [-0.25, -0.2) is 4.98 Å². The molecule has 0 atom stereocenters. The van der Waals surface area contributed by atoms with E-state index >= 15 is 0 Å². The van der Waals surface area contributed by atoms with E-state index in [1.807, 2.05) is 0 Å². The second-order valence-electron chi connectivity index (χ2n) is 3.54. The Labute approximate surface area is 124 Å². The van der Waals surface area contributed by atoms with E-state index in [0.717, 1.165) is 0 Å². The number of hydrogen-bond donors (Lipinski definition) is 1. The first-order valence-corrected chi connectivity index (χ1v) is 6.45. The molecule has 0 saturated heterocycles. The van der Waals surface area contributed by atoms with E-state index in [2.05, 4.69) is 4.98 Å². The minimum atomic E-state index is -0.172. The van der Waals surface area contributed by atoms with E-state index < -0.39 is 0 Å². The predicted molar refractivity (Wildman–Crippen MR) is 75.6 cm³/mol. The van der Waals surface area contributed by atoms with Gasteiger partial charge in [0.15, 0.2) is 0 Å². The van der Waals surface area contributed by atoms with E-state index in [1.165, 1.54) is 12.3 Å². The molecule has 1 N–H and O–H groups in total. The van der Waals surface area contributed by atoms with Gasteiger partial charge in [-0.15, -0.1) is 0 Å². The molecule has 2 nitrogen and oxygen atoms in total. The van der Waals surface area contributed by atoms with Crippen molar-refractivity contribution in [2.45, 2.75) is 6.61 Å². The average molecular weight is 323 g/mol. The van der Waals surface area contributed by atoms with Crippen LogP contribution in [0, 0.1) is 0 Å². The van der Waals surface area contributed by atoms with Crippen LogP contribution in [0.2, 0.25) is 20.2 Å². The Balaban J connectivity index is 2.73. The number of halogens is 4. The van der Waals surface area contributed by atoms with E-state index in [9.17, 15) is 5.11 Å². The third kappa shape index (κ3) is 2.58. The first-order valence-electron chi connectivity index (χ1n) is 4.93. The minimum absolute atomic E-state index is 0.172. The highest BCUT2D eigenvalue weighted by Gasteiger charge is 2.15. The molecule has 1 aromatic heterocycles. The van der Waals surface area contributed by atoms with Crippen LogP contribution in [-0.4, -0.2) is 10.1 Å². The van der Waals surface area contributed by atoms with Crippen LogP contribution < -0.4 is 0 Å². The highest BCUT2D eigenvalue weighted by atomic mass is 35.5. The topological polar surface area (TPSA) is 33.1 Å². The lowest BCUT2D eigenvalue weighted by atomic mass is 10.0. The van der Waals surface area contributed by atoms with Gasteiger partial charge >= 0.3 is 0 Å². The molecule has 1 aromatic carbocycles. The van der Waals surface area contributed by atoms with Crippen LogP contribution in [0.3, 0.4) is 0 Å². The third-order valence-electron chi connectivity index (χ3n) is 2.44. The number of hydrogen-bond acceptors (Lipinski definition) is 2. The zero-order valence-electron chi connectivity index (χ0n) is 8.92. The summed E-state index contributed by atoms with van der Waals surface area (Å²) in [7, 11) is 0. The summed E-state index contributed by atoms with van der Waals surface area (Å²) >= 11 is 24.0. The van der Waals surface area contributed by atoms with Gasteiger partial charge in [-0.2, -0.15) is 0 Å². The van der Waals surface area contributed by atoms with Crippen LogP contribution in [-0.2, 0) is 6.61 Å². The molecule has 6 heteroatoms. The Hall–Kier alpha value is -0.510. The average Bonchev–Trinajstić information content (AvgIpc) is 2.34.